The Balaban J connectivity index is 0. The van der Waals surface area contributed by atoms with Gasteiger partial charge in [-0.2, -0.15) is 0 Å². The second-order valence-electron chi connectivity index (χ2n) is 8.17. The minimum absolute atomic E-state index is 0. The smallest absolute Gasteiger partial charge is 0.748 e. The predicted molar refractivity (Wildman–Crippen MR) is 114 cm³/mol. The molecule has 0 saturated heterocycles. The van der Waals surface area contributed by atoms with Gasteiger partial charge in [0, 0.05) is 5.25 Å². The van der Waals surface area contributed by atoms with Crippen LogP contribution in [0, 0.1) is 0 Å². The average molecular weight is 429 g/mol. The summed E-state index contributed by atoms with van der Waals surface area (Å²) in [6.07, 6.45) is 17.8. The summed E-state index contributed by atoms with van der Waals surface area (Å²) in [5.74, 6) is 0. The summed E-state index contributed by atoms with van der Waals surface area (Å²) in [5, 5.41) is 9.29. The van der Waals surface area contributed by atoms with Gasteiger partial charge in [-0.05, 0) is 25.7 Å². The SMILES string of the molecule is CCCCCCCCCCCC(O)CCC(CCCCCCC)S(=O)(=O)[O-].[Na+]. The van der Waals surface area contributed by atoms with E-state index in [1.54, 1.807) is 0 Å². The van der Waals surface area contributed by atoms with Gasteiger partial charge in [0.05, 0.1) is 16.2 Å². The van der Waals surface area contributed by atoms with Gasteiger partial charge in [-0.3, -0.25) is 0 Å². The van der Waals surface area contributed by atoms with Crippen LogP contribution in [0.2, 0.25) is 0 Å². The topological polar surface area (TPSA) is 77.4 Å². The van der Waals surface area contributed by atoms with Crippen LogP contribution in [-0.2, 0) is 10.1 Å². The maximum absolute atomic E-state index is 11.5. The second kappa shape index (κ2) is 21.1. The van der Waals surface area contributed by atoms with Crippen LogP contribution in [-0.4, -0.2) is 29.4 Å². The van der Waals surface area contributed by atoms with Crippen molar-refractivity contribution in [2.24, 2.45) is 0 Å². The molecule has 0 bridgehead atoms. The Morgan fingerprint density at radius 1 is 0.643 bits per heavy atom. The van der Waals surface area contributed by atoms with Gasteiger partial charge in [0.2, 0.25) is 0 Å². The van der Waals surface area contributed by atoms with Crippen LogP contribution in [0.15, 0.2) is 0 Å². The summed E-state index contributed by atoms with van der Waals surface area (Å²) in [5.41, 5.74) is 0. The van der Waals surface area contributed by atoms with Crippen molar-refractivity contribution in [2.75, 3.05) is 0 Å². The normalized spacial score (nSPS) is 13.9. The third-order valence-electron chi connectivity index (χ3n) is 5.50. The van der Waals surface area contributed by atoms with Crippen LogP contribution in [0.4, 0.5) is 0 Å². The van der Waals surface area contributed by atoms with Gasteiger partial charge in [-0.1, -0.05) is 104 Å². The van der Waals surface area contributed by atoms with E-state index in [0.717, 1.165) is 51.4 Å². The average Bonchev–Trinajstić information content (AvgIpc) is 2.61. The maximum atomic E-state index is 11.5. The number of hydrogen-bond donors (Lipinski definition) is 1. The van der Waals surface area contributed by atoms with E-state index >= 15 is 0 Å². The van der Waals surface area contributed by atoms with Gasteiger partial charge in [-0.25, -0.2) is 8.42 Å². The maximum Gasteiger partial charge on any atom is 1.00 e. The van der Waals surface area contributed by atoms with Crippen molar-refractivity contribution in [3.63, 3.8) is 0 Å². The number of aliphatic hydroxyl groups is 1. The summed E-state index contributed by atoms with van der Waals surface area (Å²) in [7, 11) is -4.26. The number of hydrogen-bond acceptors (Lipinski definition) is 4. The zero-order valence-corrected chi connectivity index (χ0v) is 21.8. The van der Waals surface area contributed by atoms with E-state index in [1.807, 2.05) is 0 Å². The van der Waals surface area contributed by atoms with E-state index < -0.39 is 21.5 Å². The van der Waals surface area contributed by atoms with Crippen LogP contribution >= 0.6 is 0 Å². The van der Waals surface area contributed by atoms with E-state index in [4.69, 9.17) is 0 Å². The van der Waals surface area contributed by atoms with Gasteiger partial charge in [0.25, 0.3) is 0 Å². The van der Waals surface area contributed by atoms with Gasteiger partial charge in [0.15, 0.2) is 0 Å². The summed E-state index contributed by atoms with van der Waals surface area (Å²) >= 11 is 0. The Kier molecular flexibility index (Phi) is 23.4. The van der Waals surface area contributed by atoms with E-state index in [2.05, 4.69) is 13.8 Å². The molecule has 4 nitrogen and oxygen atoms in total. The Bertz CT molecular complexity index is 415. The van der Waals surface area contributed by atoms with E-state index in [1.165, 1.54) is 44.9 Å². The molecule has 2 atom stereocenters. The molecular weight excluding hydrogens is 383 g/mol. The zero-order valence-electron chi connectivity index (χ0n) is 19.0. The Hall–Kier alpha value is 0.870. The minimum Gasteiger partial charge on any atom is -0.748 e. The third kappa shape index (κ3) is 20.2. The number of rotatable bonds is 20. The minimum atomic E-state index is -4.26. The zero-order chi connectivity index (χ0) is 20.4. The molecule has 1 N–H and O–H groups in total. The van der Waals surface area contributed by atoms with Crippen LogP contribution in [0.25, 0.3) is 0 Å². The quantitative estimate of drug-likeness (QED) is 0.183. The summed E-state index contributed by atoms with van der Waals surface area (Å²) in [6.45, 7) is 4.37. The number of unbranched alkanes of at least 4 members (excludes halogenated alkanes) is 12. The molecule has 0 saturated carbocycles. The third-order valence-corrected chi connectivity index (χ3v) is 6.79. The van der Waals surface area contributed by atoms with E-state index in [9.17, 15) is 18.1 Å². The molecule has 28 heavy (non-hydrogen) atoms. The van der Waals surface area contributed by atoms with Crippen molar-refractivity contribution < 1.29 is 47.6 Å². The molecule has 0 aliphatic carbocycles. The molecule has 0 aliphatic heterocycles. The van der Waals surface area contributed by atoms with Crippen LogP contribution in [0.1, 0.15) is 129 Å². The fraction of sp³-hybridized carbons (Fsp3) is 1.00. The Morgan fingerprint density at radius 2 is 1.04 bits per heavy atom. The van der Waals surface area contributed by atoms with Crippen LogP contribution in [0.3, 0.4) is 0 Å². The van der Waals surface area contributed by atoms with Gasteiger partial charge in [0.1, 0.15) is 0 Å². The summed E-state index contributed by atoms with van der Waals surface area (Å²) in [4.78, 5) is 0. The molecular formula is C22H45NaO4S. The fourth-order valence-corrected chi connectivity index (χ4v) is 4.50. The monoisotopic (exact) mass is 428 g/mol. The van der Waals surface area contributed by atoms with Crippen LogP contribution in [0.5, 0.6) is 0 Å². The molecule has 0 aromatic heterocycles. The van der Waals surface area contributed by atoms with E-state index in [0.29, 0.717) is 19.3 Å². The van der Waals surface area contributed by atoms with Gasteiger partial charge >= 0.3 is 29.6 Å². The molecule has 0 aromatic rings. The first-order valence-electron chi connectivity index (χ1n) is 11.5. The van der Waals surface area contributed by atoms with Crippen LogP contribution < -0.4 is 29.6 Å². The van der Waals surface area contributed by atoms with Crippen molar-refractivity contribution in [3.05, 3.63) is 0 Å². The molecule has 0 fully saturated rings. The molecule has 0 radical (unpaired) electrons. The molecule has 2 unspecified atom stereocenters. The molecule has 0 aliphatic rings. The number of aliphatic hydroxyl groups excluding tert-OH is 1. The summed E-state index contributed by atoms with van der Waals surface area (Å²) in [6, 6.07) is 0. The van der Waals surface area contributed by atoms with Gasteiger partial charge < -0.3 is 9.66 Å². The predicted octanol–water partition coefficient (Wildman–Crippen LogP) is 3.33. The molecule has 0 rings (SSSR count). The Morgan fingerprint density at radius 3 is 1.46 bits per heavy atom. The molecule has 164 valence electrons. The fourth-order valence-electron chi connectivity index (χ4n) is 3.62. The van der Waals surface area contributed by atoms with Crippen molar-refractivity contribution in [2.45, 2.75) is 141 Å². The molecule has 0 aromatic carbocycles. The molecule has 6 heteroatoms. The van der Waals surface area contributed by atoms with Crippen molar-refractivity contribution >= 4 is 10.1 Å². The molecule has 0 spiro atoms. The standard InChI is InChI=1S/C22H46O4S.Na/c1-3-5-7-9-10-11-12-14-15-17-21(23)19-20-22(27(24,25)26)18-16-13-8-6-4-2;/h21-23H,3-20H2,1-2H3,(H,24,25,26);/q;+1/p-1. The van der Waals surface area contributed by atoms with Crippen molar-refractivity contribution in [1.29, 1.82) is 0 Å². The molecule has 0 amide bonds. The first-order valence-corrected chi connectivity index (χ1v) is 13.0. The Labute approximate surface area is 197 Å². The first kappa shape index (κ1) is 31.1. The first-order chi connectivity index (χ1) is 12.9. The largest absolute Gasteiger partial charge is 1.00 e. The molecule has 0 heterocycles. The van der Waals surface area contributed by atoms with Crippen molar-refractivity contribution in [3.8, 4) is 0 Å². The van der Waals surface area contributed by atoms with Crippen molar-refractivity contribution in [1.82, 2.24) is 0 Å². The van der Waals surface area contributed by atoms with Gasteiger partial charge in [-0.15, -0.1) is 0 Å². The second-order valence-corrected chi connectivity index (χ2v) is 9.82. The van der Waals surface area contributed by atoms with E-state index in [-0.39, 0.29) is 29.6 Å². The summed E-state index contributed by atoms with van der Waals surface area (Å²) < 4.78 is 34.4.